The molecule has 0 N–H and O–H groups in total. The van der Waals surface area contributed by atoms with Gasteiger partial charge in [-0.1, -0.05) is 98.8 Å². The van der Waals surface area contributed by atoms with Crippen molar-refractivity contribution < 1.29 is 0 Å². The average molecular weight is 338 g/mol. The van der Waals surface area contributed by atoms with Crippen molar-refractivity contribution in [1.82, 2.24) is 0 Å². The van der Waals surface area contributed by atoms with Crippen molar-refractivity contribution in [3.63, 3.8) is 0 Å². The van der Waals surface area contributed by atoms with E-state index in [1.165, 1.54) is 39.8 Å². The average Bonchev–Trinajstić information content (AvgIpc) is 2.70. The molecule has 0 aromatic heterocycles. The fraction of sp³-hybridized carbons (Fsp3) is 0.154. The van der Waals surface area contributed by atoms with Crippen LogP contribution in [0.15, 0.2) is 91.5 Å². The molecule has 0 aliphatic rings. The van der Waals surface area contributed by atoms with Gasteiger partial charge in [0.2, 0.25) is 0 Å². The summed E-state index contributed by atoms with van der Waals surface area (Å²) >= 11 is 0. The van der Waals surface area contributed by atoms with Gasteiger partial charge in [-0.2, -0.15) is 0 Å². The van der Waals surface area contributed by atoms with Crippen LogP contribution in [0.3, 0.4) is 0 Å². The van der Waals surface area contributed by atoms with E-state index in [0.717, 1.165) is 12.0 Å². The first kappa shape index (κ1) is 17.9. The molecule has 0 unspecified atom stereocenters. The predicted molar refractivity (Wildman–Crippen MR) is 115 cm³/mol. The smallest absolute Gasteiger partial charge is 0.0178 e. The molecule has 0 radical (unpaired) electrons. The predicted octanol–water partition coefficient (Wildman–Crippen LogP) is 7.56. The second-order valence-corrected chi connectivity index (χ2v) is 6.56. The Labute approximate surface area is 157 Å². The molecule has 0 aliphatic heterocycles. The molecule has 0 aliphatic carbocycles. The molecule has 0 saturated heterocycles. The van der Waals surface area contributed by atoms with Crippen molar-refractivity contribution in [2.45, 2.75) is 26.7 Å². The lowest BCUT2D eigenvalue weighted by Crippen LogP contribution is -1.86. The van der Waals surface area contributed by atoms with Gasteiger partial charge in [0.1, 0.15) is 0 Å². The highest BCUT2D eigenvalue weighted by molar-refractivity contribution is 5.77. The summed E-state index contributed by atoms with van der Waals surface area (Å²) in [6, 6.07) is 26.4. The molecule has 130 valence electrons. The Balaban J connectivity index is 1.92. The summed E-state index contributed by atoms with van der Waals surface area (Å²) in [5.41, 5.74) is 8.81. The van der Waals surface area contributed by atoms with Gasteiger partial charge in [0.15, 0.2) is 0 Å². The van der Waals surface area contributed by atoms with Gasteiger partial charge in [0.25, 0.3) is 0 Å². The van der Waals surface area contributed by atoms with Crippen LogP contribution in [0.25, 0.3) is 27.8 Å². The fourth-order valence-corrected chi connectivity index (χ4v) is 3.33. The minimum Gasteiger partial charge on any atom is -0.0985 e. The first-order valence-electron chi connectivity index (χ1n) is 9.34. The van der Waals surface area contributed by atoms with E-state index in [2.05, 4.69) is 92.4 Å². The van der Waals surface area contributed by atoms with E-state index in [4.69, 9.17) is 0 Å². The lowest BCUT2D eigenvalue weighted by atomic mass is 9.96. The fourth-order valence-electron chi connectivity index (χ4n) is 3.33. The Kier molecular flexibility index (Phi) is 5.86. The topological polar surface area (TPSA) is 0 Å². The maximum atomic E-state index is 3.89. The SMILES string of the molecule is C=C/C(=C\C)c1ccc(-c2cccc(-c3cccc(CCC)c3)c2)cc1. The second kappa shape index (κ2) is 8.49. The summed E-state index contributed by atoms with van der Waals surface area (Å²) in [4.78, 5) is 0. The van der Waals surface area contributed by atoms with Gasteiger partial charge in [0, 0.05) is 0 Å². The molecule has 0 bridgehead atoms. The summed E-state index contributed by atoms with van der Waals surface area (Å²) in [6.07, 6.45) is 6.30. The molecule has 3 aromatic carbocycles. The Morgan fingerprint density at radius 1 is 0.808 bits per heavy atom. The van der Waals surface area contributed by atoms with Crippen LogP contribution in [0.5, 0.6) is 0 Å². The normalized spacial score (nSPS) is 11.4. The van der Waals surface area contributed by atoms with Crippen molar-refractivity contribution in [3.8, 4) is 22.3 Å². The number of benzene rings is 3. The molecular weight excluding hydrogens is 312 g/mol. The maximum Gasteiger partial charge on any atom is -0.0178 e. The molecular formula is C26H26. The van der Waals surface area contributed by atoms with E-state index in [1.807, 2.05) is 13.0 Å². The van der Waals surface area contributed by atoms with Crippen LogP contribution in [0.4, 0.5) is 0 Å². The molecule has 0 saturated carbocycles. The zero-order valence-electron chi connectivity index (χ0n) is 15.7. The highest BCUT2D eigenvalue weighted by atomic mass is 14.1. The van der Waals surface area contributed by atoms with Gasteiger partial charge < -0.3 is 0 Å². The number of hydrogen-bond acceptors (Lipinski definition) is 0. The molecule has 0 heterocycles. The molecule has 0 nitrogen and oxygen atoms in total. The third kappa shape index (κ3) is 4.03. The third-order valence-electron chi connectivity index (χ3n) is 4.74. The molecule has 3 rings (SSSR count). The molecule has 3 aromatic rings. The van der Waals surface area contributed by atoms with Crippen molar-refractivity contribution >= 4 is 5.57 Å². The minimum absolute atomic E-state index is 1.13. The van der Waals surface area contributed by atoms with Crippen LogP contribution in [-0.4, -0.2) is 0 Å². The Morgan fingerprint density at radius 3 is 2.04 bits per heavy atom. The van der Waals surface area contributed by atoms with Gasteiger partial charge >= 0.3 is 0 Å². The highest BCUT2D eigenvalue weighted by Crippen LogP contribution is 2.28. The van der Waals surface area contributed by atoms with Crippen molar-refractivity contribution in [2.75, 3.05) is 0 Å². The standard InChI is InChI=1S/C26H26/c1-4-9-20-10-7-11-24(18-20)26-13-8-12-25(19-26)23-16-14-22(15-17-23)21(5-2)6-3/h5-8,10-19H,2,4,9H2,1,3H3/b21-6+. The molecule has 0 spiro atoms. The summed E-state index contributed by atoms with van der Waals surface area (Å²) < 4.78 is 0. The van der Waals surface area contributed by atoms with E-state index >= 15 is 0 Å². The molecule has 26 heavy (non-hydrogen) atoms. The van der Waals surface area contributed by atoms with E-state index in [0.29, 0.717) is 0 Å². The summed E-state index contributed by atoms with van der Waals surface area (Å²) in [5, 5.41) is 0. The quantitative estimate of drug-likeness (QED) is 0.407. The van der Waals surface area contributed by atoms with Gasteiger partial charge in [0.05, 0.1) is 0 Å². The molecule has 0 atom stereocenters. The lowest BCUT2D eigenvalue weighted by molar-refractivity contribution is 0.922. The minimum atomic E-state index is 1.13. The summed E-state index contributed by atoms with van der Waals surface area (Å²) in [7, 11) is 0. The Morgan fingerprint density at radius 2 is 1.42 bits per heavy atom. The monoisotopic (exact) mass is 338 g/mol. The van der Waals surface area contributed by atoms with Crippen LogP contribution < -0.4 is 0 Å². The molecule has 0 amide bonds. The van der Waals surface area contributed by atoms with E-state index in [-0.39, 0.29) is 0 Å². The zero-order valence-corrected chi connectivity index (χ0v) is 15.7. The summed E-state index contributed by atoms with van der Waals surface area (Å²) in [6.45, 7) is 8.15. The van der Waals surface area contributed by atoms with Gasteiger partial charge in [-0.15, -0.1) is 0 Å². The molecule has 0 heteroatoms. The van der Waals surface area contributed by atoms with Crippen molar-refractivity contribution in [3.05, 3.63) is 103 Å². The summed E-state index contributed by atoms with van der Waals surface area (Å²) in [5.74, 6) is 0. The van der Waals surface area contributed by atoms with E-state index < -0.39 is 0 Å². The van der Waals surface area contributed by atoms with Crippen molar-refractivity contribution in [2.24, 2.45) is 0 Å². The van der Waals surface area contributed by atoms with Crippen LogP contribution in [0, 0.1) is 0 Å². The van der Waals surface area contributed by atoms with Crippen LogP contribution in [-0.2, 0) is 6.42 Å². The van der Waals surface area contributed by atoms with Gasteiger partial charge in [-0.05, 0) is 58.4 Å². The second-order valence-electron chi connectivity index (χ2n) is 6.56. The first-order valence-corrected chi connectivity index (χ1v) is 9.34. The lowest BCUT2D eigenvalue weighted by Gasteiger charge is -2.09. The maximum absolute atomic E-state index is 3.89. The first-order chi connectivity index (χ1) is 12.7. The Bertz CT molecular complexity index is 911. The van der Waals surface area contributed by atoms with Crippen LogP contribution >= 0.6 is 0 Å². The number of aryl methyl sites for hydroxylation is 1. The highest BCUT2D eigenvalue weighted by Gasteiger charge is 2.04. The van der Waals surface area contributed by atoms with E-state index in [9.17, 15) is 0 Å². The van der Waals surface area contributed by atoms with Gasteiger partial charge in [-0.25, -0.2) is 0 Å². The third-order valence-corrected chi connectivity index (χ3v) is 4.74. The molecule has 0 fully saturated rings. The largest absolute Gasteiger partial charge is 0.0985 e. The van der Waals surface area contributed by atoms with Crippen molar-refractivity contribution in [1.29, 1.82) is 0 Å². The number of hydrogen-bond donors (Lipinski definition) is 0. The Hall–Kier alpha value is -2.86. The zero-order chi connectivity index (χ0) is 18.4. The van der Waals surface area contributed by atoms with E-state index in [1.54, 1.807) is 0 Å². The van der Waals surface area contributed by atoms with Gasteiger partial charge in [-0.3, -0.25) is 0 Å². The van der Waals surface area contributed by atoms with Crippen LogP contribution in [0.2, 0.25) is 0 Å². The number of allylic oxidation sites excluding steroid dienone is 3. The number of rotatable bonds is 6. The van der Waals surface area contributed by atoms with Crippen LogP contribution in [0.1, 0.15) is 31.4 Å².